The van der Waals surface area contributed by atoms with Gasteiger partial charge in [0, 0.05) is 33.8 Å². The van der Waals surface area contributed by atoms with Gasteiger partial charge in [-0.15, -0.1) is 0 Å². The Morgan fingerprint density at radius 2 is 1.65 bits per heavy atom. The van der Waals surface area contributed by atoms with Gasteiger partial charge < -0.3 is 15.8 Å². The monoisotopic (exact) mass is 519 g/mol. The Balaban J connectivity index is 1.59. The number of primary sulfonamides is 1. The minimum Gasteiger partial charge on any atom is -0.465 e. The van der Waals surface area contributed by atoms with Crippen molar-refractivity contribution >= 4 is 38.2 Å². The second-order valence-electron chi connectivity index (χ2n) is 9.55. The second-order valence-corrected chi connectivity index (χ2v) is 11.1. The summed E-state index contributed by atoms with van der Waals surface area (Å²) in [5.74, 6) is 0.446. The fourth-order valence-electron chi connectivity index (χ4n) is 3.87. The number of hydrogen-bond donors (Lipinski definition) is 4. The molecule has 0 aliphatic rings. The Hall–Kier alpha value is -3.99. The van der Waals surface area contributed by atoms with Gasteiger partial charge in [0.15, 0.2) is 0 Å². The molecule has 0 bridgehead atoms. The van der Waals surface area contributed by atoms with E-state index in [0.717, 1.165) is 10.8 Å². The van der Waals surface area contributed by atoms with Gasteiger partial charge in [-0.2, -0.15) is 0 Å². The molecule has 6 N–H and O–H groups in total. The average Bonchev–Trinajstić information content (AvgIpc) is 2.83. The van der Waals surface area contributed by atoms with Gasteiger partial charge in [-0.05, 0) is 56.7 Å². The van der Waals surface area contributed by atoms with Gasteiger partial charge >= 0.3 is 0 Å². The van der Waals surface area contributed by atoms with E-state index in [1.54, 1.807) is 66.9 Å². The molecule has 4 rings (SSSR count). The summed E-state index contributed by atoms with van der Waals surface area (Å²) < 4.78 is 30.1. The molecule has 10 heteroatoms. The van der Waals surface area contributed by atoms with Crippen LogP contribution in [0, 0.1) is 0 Å². The third kappa shape index (κ3) is 6.23. The minimum absolute atomic E-state index is 0.0283. The zero-order valence-corrected chi connectivity index (χ0v) is 21.5. The topological polar surface area (TPSA) is 149 Å². The molecule has 0 aliphatic heterocycles. The quantitative estimate of drug-likeness (QED) is 0.271. The summed E-state index contributed by atoms with van der Waals surface area (Å²) in [6.45, 7) is 5.79. The number of anilines is 2. The minimum atomic E-state index is -3.89. The Morgan fingerprint density at radius 3 is 2.32 bits per heavy atom. The highest BCUT2D eigenvalue weighted by molar-refractivity contribution is 7.89. The Labute approximate surface area is 215 Å². The van der Waals surface area contributed by atoms with Crippen LogP contribution in [0.15, 0.2) is 83.9 Å². The standard InChI is InChI=1S/C27H29N5O4S/c1-27(2,3)32-26(36-22-9-6-8-21-20(22)15-16-30-24(21)28)25(33)31-18-13-11-17(12-14-18)19-7-4-5-10-23(19)37(29,34)35/h4-16,26,32H,1-3H3,(H2,28,30)(H,31,33)(H2,29,34,35). The predicted molar refractivity (Wildman–Crippen MR) is 145 cm³/mol. The first-order valence-corrected chi connectivity index (χ1v) is 13.1. The van der Waals surface area contributed by atoms with Crippen LogP contribution in [0.4, 0.5) is 11.5 Å². The molecule has 1 atom stereocenters. The molecule has 192 valence electrons. The smallest absolute Gasteiger partial charge is 0.280 e. The van der Waals surface area contributed by atoms with Crippen LogP contribution in [-0.2, 0) is 14.8 Å². The summed E-state index contributed by atoms with van der Waals surface area (Å²) >= 11 is 0. The molecule has 1 unspecified atom stereocenters. The zero-order valence-electron chi connectivity index (χ0n) is 20.7. The number of carbonyl (C=O) groups excluding carboxylic acids is 1. The van der Waals surface area contributed by atoms with Crippen molar-refractivity contribution in [2.45, 2.75) is 37.4 Å². The van der Waals surface area contributed by atoms with Crippen molar-refractivity contribution in [3.05, 3.63) is 79.0 Å². The lowest BCUT2D eigenvalue weighted by molar-refractivity contribution is -0.125. The van der Waals surface area contributed by atoms with Gasteiger partial charge in [-0.1, -0.05) is 42.5 Å². The van der Waals surface area contributed by atoms with Crippen molar-refractivity contribution in [1.82, 2.24) is 10.3 Å². The fourth-order valence-corrected chi connectivity index (χ4v) is 4.63. The first-order chi connectivity index (χ1) is 17.4. The molecule has 1 aromatic heterocycles. The van der Waals surface area contributed by atoms with Crippen molar-refractivity contribution in [3.8, 4) is 16.9 Å². The summed E-state index contributed by atoms with van der Waals surface area (Å²) in [5, 5.41) is 12.9. The number of nitrogens with one attached hydrogen (secondary N) is 2. The molecule has 0 spiro atoms. The first kappa shape index (κ1) is 26.1. The molecule has 0 aliphatic carbocycles. The van der Waals surface area contributed by atoms with E-state index in [9.17, 15) is 13.2 Å². The summed E-state index contributed by atoms with van der Waals surface area (Å²) in [6, 6.07) is 20.5. The first-order valence-electron chi connectivity index (χ1n) is 11.5. The van der Waals surface area contributed by atoms with E-state index in [1.807, 2.05) is 26.8 Å². The maximum Gasteiger partial charge on any atom is 0.280 e. The SMILES string of the molecule is CC(C)(C)NC(Oc1cccc2c(N)nccc12)C(=O)Nc1ccc(-c2ccccc2S(N)(=O)=O)cc1. The second kappa shape index (κ2) is 10.2. The number of aromatic nitrogens is 1. The van der Waals surface area contributed by atoms with Gasteiger partial charge in [0.1, 0.15) is 11.6 Å². The highest BCUT2D eigenvalue weighted by atomic mass is 32.2. The van der Waals surface area contributed by atoms with Crippen molar-refractivity contribution in [3.63, 3.8) is 0 Å². The van der Waals surface area contributed by atoms with Crippen LogP contribution in [0.3, 0.4) is 0 Å². The van der Waals surface area contributed by atoms with Crippen LogP contribution in [0.2, 0.25) is 0 Å². The van der Waals surface area contributed by atoms with Crippen molar-refractivity contribution in [2.75, 3.05) is 11.1 Å². The molecule has 1 heterocycles. The van der Waals surface area contributed by atoms with E-state index in [0.29, 0.717) is 28.4 Å². The van der Waals surface area contributed by atoms with Gasteiger partial charge in [0.25, 0.3) is 5.91 Å². The molecule has 37 heavy (non-hydrogen) atoms. The number of rotatable bonds is 7. The molecule has 0 saturated carbocycles. The molecule has 0 saturated heterocycles. The summed E-state index contributed by atoms with van der Waals surface area (Å²) in [7, 11) is -3.89. The molecule has 0 radical (unpaired) electrons. The van der Waals surface area contributed by atoms with E-state index in [-0.39, 0.29) is 4.90 Å². The van der Waals surface area contributed by atoms with E-state index in [4.69, 9.17) is 15.6 Å². The van der Waals surface area contributed by atoms with Crippen molar-refractivity contribution in [2.24, 2.45) is 5.14 Å². The van der Waals surface area contributed by atoms with Gasteiger partial charge in [0.2, 0.25) is 16.3 Å². The molecule has 9 nitrogen and oxygen atoms in total. The number of hydrogen-bond acceptors (Lipinski definition) is 7. The Kier molecular flexibility index (Phi) is 7.17. The molecule has 4 aromatic rings. The van der Waals surface area contributed by atoms with Gasteiger partial charge in [-0.3, -0.25) is 10.1 Å². The number of pyridine rings is 1. The highest BCUT2D eigenvalue weighted by Crippen LogP contribution is 2.30. The summed E-state index contributed by atoms with van der Waals surface area (Å²) in [6.07, 6.45) is 0.564. The number of fused-ring (bicyclic) bond motifs is 1. The molecule has 0 fully saturated rings. The summed E-state index contributed by atoms with van der Waals surface area (Å²) in [4.78, 5) is 17.4. The van der Waals surface area contributed by atoms with Crippen LogP contribution in [0.25, 0.3) is 21.9 Å². The van der Waals surface area contributed by atoms with Gasteiger partial charge in [-0.25, -0.2) is 18.5 Å². The number of sulfonamides is 1. The Bertz CT molecular complexity index is 1550. The van der Waals surface area contributed by atoms with Crippen LogP contribution in [0.1, 0.15) is 20.8 Å². The number of nitrogen functional groups attached to an aromatic ring is 1. The molecular weight excluding hydrogens is 490 g/mol. The number of nitrogens with zero attached hydrogens (tertiary/aromatic N) is 1. The molecule has 1 amide bonds. The highest BCUT2D eigenvalue weighted by Gasteiger charge is 2.26. The third-order valence-corrected chi connectivity index (χ3v) is 6.47. The van der Waals surface area contributed by atoms with Gasteiger partial charge in [0.05, 0.1) is 4.90 Å². The number of nitrogens with two attached hydrogens (primary N) is 2. The zero-order chi connectivity index (χ0) is 26.8. The van der Waals surface area contributed by atoms with E-state index in [2.05, 4.69) is 15.6 Å². The Morgan fingerprint density at radius 1 is 0.946 bits per heavy atom. The van der Waals surface area contributed by atoms with Crippen LogP contribution in [-0.4, -0.2) is 31.1 Å². The predicted octanol–water partition coefficient (Wildman–Crippen LogP) is 3.86. The maximum absolute atomic E-state index is 13.3. The van der Waals surface area contributed by atoms with E-state index < -0.39 is 27.7 Å². The normalized spacial score (nSPS) is 12.8. The van der Waals surface area contributed by atoms with Crippen molar-refractivity contribution in [1.29, 1.82) is 0 Å². The van der Waals surface area contributed by atoms with Crippen LogP contribution in [0.5, 0.6) is 5.75 Å². The number of amides is 1. The molecule has 3 aromatic carbocycles. The third-order valence-electron chi connectivity index (χ3n) is 5.50. The average molecular weight is 520 g/mol. The lowest BCUT2D eigenvalue weighted by atomic mass is 10.1. The van der Waals surface area contributed by atoms with Crippen LogP contribution < -0.4 is 26.2 Å². The van der Waals surface area contributed by atoms with Crippen molar-refractivity contribution < 1.29 is 17.9 Å². The summed E-state index contributed by atoms with van der Waals surface area (Å²) in [5.41, 5.74) is 7.20. The maximum atomic E-state index is 13.3. The largest absolute Gasteiger partial charge is 0.465 e. The number of benzene rings is 3. The van der Waals surface area contributed by atoms with E-state index in [1.165, 1.54) is 6.07 Å². The lowest BCUT2D eigenvalue weighted by Crippen LogP contribution is -2.52. The number of ether oxygens (including phenoxy) is 1. The lowest BCUT2D eigenvalue weighted by Gasteiger charge is -2.28. The number of carbonyl (C=O) groups is 1. The van der Waals surface area contributed by atoms with Crippen LogP contribution >= 0.6 is 0 Å². The van der Waals surface area contributed by atoms with E-state index >= 15 is 0 Å². The molecular formula is C27H29N5O4S. The fraction of sp³-hybridized carbons (Fsp3) is 0.185.